The quantitative estimate of drug-likeness (QED) is 0.661. The summed E-state index contributed by atoms with van der Waals surface area (Å²) in [5.74, 6) is 0.211. The Labute approximate surface area is 189 Å². The number of piperazine rings is 1. The highest BCUT2D eigenvalue weighted by Crippen LogP contribution is 2.27. The Hall–Kier alpha value is -2.65. The minimum atomic E-state index is -0.759. The molecule has 1 amide bonds. The van der Waals surface area contributed by atoms with Gasteiger partial charge in [0.05, 0.1) is 6.10 Å². The molecular formula is C23H35N5O4. The van der Waals surface area contributed by atoms with Crippen molar-refractivity contribution < 1.29 is 19.1 Å². The molecule has 9 nitrogen and oxygen atoms in total. The van der Waals surface area contributed by atoms with Crippen LogP contribution in [-0.2, 0) is 11.3 Å². The molecule has 1 saturated heterocycles. The Bertz CT molecular complexity index is 929. The Morgan fingerprint density at radius 3 is 2.72 bits per heavy atom. The Balaban J connectivity index is 1.68. The van der Waals surface area contributed by atoms with E-state index in [9.17, 15) is 9.90 Å². The van der Waals surface area contributed by atoms with Crippen molar-refractivity contribution in [2.75, 3.05) is 25.0 Å². The van der Waals surface area contributed by atoms with Crippen LogP contribution in [0.25, 0.3) is 0 Å². The van der Waals surface area contributed by atoms with E-state index >= 15 is 0 Å². The number of aliphatic hydroxyl groups excluding tert-OH is 1. The largest absolute Gasteiger partial charge is 0.447 e. The van der Waals surface area contributed by atoms with Gasteiger partial charge in [-0.3, -0.25) is 4.90 Å². The number of ether oxygens (including phenoxy) is 1. The van der Waals surface area contributed by atoms with E-state index in [0.717, 1.165) is 36.4 Å². The third kappa shape index (κ3) is 5.77. The van der Waals surface area contributed by atoms with E-state index in [-0.39, 0.29) is 30.1 Å². The van der Waals surface area contributed by atoms with E-state index < -0.39 is 6.10 Å². The summed E-state index contributed by atoms with van der Waals surface area (Å²) in [5, 5.41) is 21.0. The first-order chi connectivity index (χ1) is 15.2. The summed E-state index contributed by atoms with van der Waals surface area (Å²) in [6, 6.07) is 4.57. The minimum absolute atomic E-state index is 0.0829. The summed E-state index contributed by atoms with van der Waals surface area (Å²) in [7, 11) is 0. The summed E-state index contributed by atoms with van der Waals surface area (Å²) >= 11 is 0. The van der Waals surface area contributed by atoms with Crippen LogP contribution < -0.4 is 5.32 Å². The van der Waals surface area contributed by atoms with Gasteiger partial charge in [0.1, 0.15) is 6.10 Å². The molecule has 1 aromatic heterocycles. The predicted octanol–water partition coefficient (Wildman–Crippen LogP) is 3.92. The Kier molecular flexibility index (Phi) is 7.73. The summed E-state index contributed by atoms with van der Waals surface area (Å²) in [6.45, 7) is 14.8. The lowest BCUT2D eigenvalue weighted by atomic mass is 10.0. The zero-order valence-corrected chi connectivity index (χ0v) is 19.9. The van der Waals surface area contributed by atoms with Gasteiger partial charge in [0.25, 0.3) is 0 Å². The SMILES string of the molecule is CCC(O)c1nnc(Nc2cc(C)cc(CN3CCN(C(=O)OC(C)C)[C@@H](C)C3)c2C)o1. The molecule has 1 fully saturated rings. The van der Waals surface area contributed by atoms with Crippen molar-refractivity contribution in [2.45, 2.75) is 72.8 Å². The van der Waals surface area contributed by atoms with Crippen molar-refractivity contribution in [3.05, 3.63) is 34.7 Å². The van der Waals surface area contributed by atoms with Crippen molar-refractivity contribution in [1.29, 1.82) is 0 Å². The minimum Gasteiger partial charge on any atom is -0.447 e. The van der Waals surface area contributed by atoms with Gasteiger partial charge in [-0.1, -0.05) is 18.1 Å². The number of carbonyl (C=O) groups excluding carboxylic acids is 1. The maximum Gasteiger partial charge on any atom is 0.410 e. The van der Waals surface area contributed by atoms with Crippen LogP contribution in [-0.4, -0.2) is 63.0 Å². The molecule has 0 radical (unpaired) electrons. The molecule has 2 atom stereocenters. The number of hydrogen-bond acceptors (Lipinski definition) is 8. The van der Waals surface area contributed by atoms with Gasteiger partial charge in [-0.05, 0) is 63.8 Å². The second-order valence-electron chi connectivity index (χ2n) is 8.80. The lowest BCUT2D eigenvalue weighted by Crippen LogP contribution is -2.54. The second-order valence-corrected chi connectivity index (χ2v) is 8.80. The van der Waals surface area contributed by atoms with Crippen LogP contribution in [0.2, 0.25) is 0 Å². The number of amides is 1. The van der Waals surface area contributed by atoms with E-state index in [1.807, 2.05) is 31.7 Å². The van der Waals surface area contributed by atoms with Gasteiger partial charge in [-0.15, -0.1) is 5.10 Å². The maximum atomic E-state index is 12.3. The highest BCUT2D eigenvalue weighted by molar-refractivity contribution is 5.68. The molecule has 1 aliphatic rings. The standard InChI is InChI=1S/C23H35N5O4/c1-7-20(29)21-25-26-22(32-21)24-19-11-15(4)10-18(17(19)6)13-27-8-9-28(16(5)12-27)23(30)31-14(2)3/h10-11,14,16,20,29H,7-9,12-13H2,1-6H3,(H,24,26)/t16-,20?/m0/s1. The van der Waals surface area contributed by atoms with Gasteiger partial charge in [-0.25, -0.2) is 4.79 Å². The first kappa shape index (κ1) is 24.0. The molecule has 176 valence electrons. The maximum absolute atomic E-state index is 12.3. The zero-order chi connectivity index (χ0) is 23.4. The number of benzene rings is 1. The van der Waals surface area contributed by atoms with Gasteiger partial charge < -0.3 is 24.5 Å². The van der Waals surface area contributed by atoms with Crippen LogP contribution in [0.4, 0.5) is 16.5 Å². The van der Waals surface area contributed by atoms with Gasteiger partial charge in [-0.2, -0.15) is 0 Å². The van der Waals surface area contributed by atoms with E-state index in [4.69, 9.17) is 9.15 Å². The summed E-state index contributed by atoms with van der Waals surface area (Å²) in [4.78, 5) is 16.5. The van der Waals surface area contributed by atoms with E-state index in [1.54, 1.807) is 0 Å². The van der Waals surface area contributed by atoms with Crippen LogP contribution in [0.1, 0.15) is 62.8 Å². The molecule has 1 aromatic carbocycles. The van der Waals surface area contributed by atoms with Crippen molar-refractivity contribution >= 4 is 17.8 Å². The number of nitrogens with one attached hydrogen (secondary N) is 1. The van der Waals surface area contributed by atoms with Crippen molar-refractivity contribution in [3.63, 3.8) is 0 Å². The number of aryl methyl sites for hydroxylation is 1. The van der Waals surface area contributed by atoms with Crippen LogP contribution in [0.3, 0.4) is 0 Å². The van der Waals surface area contributed by atoms with Crippen LogP contribution in [0.5, 0.6) is 0 Å². The lowest BCUT2D eigenvalue weighted by Gasteiger charge is -2.39. The first-order valence-corrected chi connectivity index (χ1v) is 11.3. The Morgan fingerprint density at radius 2 is 2.06 bits per heavy atom. The van der Waals surface area contributed by atoms with Crippen LogP contribution in [0, 0.1) is 13.8 Å². The molecule has 2 aromatic rings. The number of rotatable bonds is 7. The second kappa shape index (κ2) is 10.3. The van der Waals surface area contributed by atoms with Crippen molar-refractivity contribution in [3.8, 4) is 0 Å². The van der Waals surface area contributed by atoms with Gasteiger partial charge in [0.15, 0.2) is 0 Å². The average molecular weight is 446 g/mol. The zero-order valence-electron chi connectivity index (χ0n) is 19.9. The molecule has 3 rings (SSSR count). The van der Waals surface area contributed by atoms with E-state index in [0.29, 0.717) is 13.0 Å². The number of anilines is 2. The molecule has 1 unspecified atom stereocenters. The first-order valence-electron chi connectivity index (χ1n) is 11.3. The molecular weight excluding hydrogens is 410 g/mol. The van der Waals surface area contributed by atoms with Crippen LogP contribution >= 0.6 is 0 Å². The molecule has 0 bridgehead atoms. The van der Waals surface area contributed by atoms with Gasteiger partial charge in [0, 0.05) is 37.9 Å². The third-order valence-corrected chi connectivity index (χ3v) is 5.69. The van der Waals surface area contributed by atoms with Gasteiger partial charge >= 0.3 is 12.1 Å². The smallest absolute Gasteiger partial charge is 0.410 e. The van der Waals surface area contributed by atoms with Crippen molar-refractivity contribution in [2.24, 2.45) is 0 Å². The van der Waals surface area contributed by atoms with Crippen molar-refractivity contribution in [1.82, 2.24) is 20.0 Å². The monoisotopic (exact) mass is 445 g/mol. The number of nitrogens with zero attached hydrogens (tertiary/aromatic N) is 4. The predicted molar refractivity (Wildman–Crippen MR) is 122 cm³/mol. The number of hydrogen-bond donors (Lipinski definition) is 2. The number of carbonyl (C=O) groups is 1. The topological polar surface area (TPSA) is 104 Å². The van der Waals surface area contributed by atoms with E-state index in [1.165, 1.54) is 5.56 Å². The fourth-order valence-corrected chi connectivity index (χ4v) is 3.90. The normalized spacial score (nSPS) is 18.1. The lowest BCUT2D eigenvalue weighted by molar-refractivity contribution is 0.0349. The van der Waals surface area contributed by atoms with Crippen LogP contribution in [0.15, 0.2) is 16.5 Å². The highest BCUT2D eigenvalue weighted by Gasteiger charge is 2.29. The van der Waals surface area contributed by atoms with E-state index in [2.05, 4.69) is 47.3 Å². The molecule has 0 aliphatic carbocycles. The molecule has 9 heteroatoms. The summed E-state index contributed by atoms with van der Waals surface area (Å²) in [6.07, 6.45) is -0.604. The summed E-state index contributed by atoms with van der Waals surface area (Å²) < 4.78 is 10.9. The number of aliphatic hydroxyl groups is 1. The molecule has 2 heterocycles. The molecule has 1 aliphatic heterocycles. The molecule has 2 N–H and O–H groups in total. The summed E-state index contributed by atoms with van der Waals surface area (Å²) in [5.41, 5.74) is 4.31. The Morgan fingerprint density at radius 1 is 1.31 bits per heavy atom. The average Bonchev–Trinajstić information content (AvgIpc) is 3.19. The fraction of sp³-hybridized carbons (Fsp3) is 0.609. The highest BCUT2D eigenvalue weighted by atomic mass is 16.6. The van der Waals surface area contributed by atoms with Gasteiger partial charge in [0.2, 0.25) is 5.89 Å². The molecule has 0 saturated carbocycles. The fourth-order valence-electron chi connectivity index (χ4n) is 3.90. The third-order valence-electron chi connectivity index (χ3n) is 5.69. The number of aromatic nitrogens is 2. The molecule has 32 heavy (non-hydrogen) atoms. The molecule has 0 spiro atoms.